The van der Waals surface area contributed by atoms with Crippen molar-refractivity contribution in [2.75, 3.05) is 13.2 Å². The minimum Gasteiger partial charge on any atom is -0.466 e. The smallest absolute Gasteiger partial charge is 0.408 e. The molecule has 0 aliphatic rings. The molecule has 0 spiro atoms. The molecule has 3 amide bonds. The predicted octanol–water partition coefficient (Wildman–Crippen LogP) is 4.93. The molecule has 9 nitrogen and oxygen atoms in total. The Labute approximate surface area is 234 Å². The second kappa shape index (κ2) is 14.9. The standard InChI is InChI=1S/C30H49N3O6/c1-11-21-13-15-22(16-14-21)25(26(35)31-18-17-24(34)38-12-2)33(29(5,6)7)27(36)23(19-20(3)4)32-28(37)39-30(8,9)10/h13-16,20,23,25H,11-12,17-19H2,1-10H3,(H,31,35)(H,32,37). The summed E-state index contributed by atoms with van der Waals surface area (Å²) in [6.07, 6.45) is 0.504. The zero-order chi connectivity index (χ0) is 30.0. The summed E-state index contributed by atoms with van der Waals surface area (Å²) in [7, 11) is 0. The van der Waals surface area contributed by atoms with Crippen LogP contribution in [0.25, 0.3) is 0 Å². The topological polar surface area (TPSA) is 114 Å². The van der Waals surface area contributed by atoms with E-state index in [0.29, 0.717) is 12.0 Å². The van der Waals surface area contributed by atoms with Gasteiger partial charge in [0, 0.05) is 12.1 Å². The number of nitrogens with one attached hydrogen (secondary N) is 2. The Hall–Kier alpha value is -3.10. The molecular formula is C30H49N3O6. The SMILES string of the molecule is CCOC(=O)CCNC(=O)C(c1ccc(CC)cc1)N(C(=O)C(CC(C)C)NC(=O)OC(C)(C)C)C(C)(C)C. The lowest BCUT2D eigenvalue weighted by Gasteiger charge is -2.43. The molecule has 2 N–H and O–H groups in total. The van der Waals surface area contributed by atoms with Gasteiger partial charge in [0.25, 0.3) is 0 Å². The third-order valence-electron chi connectivity index (χ3n) is 5.80. The number of hydrogen-bond donors (Lipinski definition) is 2. The number of carbonyl (C=O) groups is 4. The van der Waals surface area contributed by atoms with Gasteiger partial charge in [0.2, 0.25) is 11.8 Å². The van der Waals surface area contributed by atoms with Crippen molar-refractivity contribution in [2.45, 2.75) is 112 Å². The third kappa shape index (κ3) is 11.7. The molecule has 2 unspecified atom stereocenters. The zero-order valence-electron chi connectivity index (χ0n) is 25.5. The summed E-state index contributed by atoms with van der Waals surface area (Å²) >= 11 is 0. The van der Waals surface area contributed by atoms with Crippen LogP contribution in [0.15, 0.2) is 24.3 Å². The second-order valence-electron chi connectivity index (χ2n) is 12.1. The molecule has 0 aliphatic heterocycles. The maximum absolute atomic E-state index is 14.2. The van der Waals surface area contributed by atoms with E-state index < -0.39 is 47.1 Å². The molecule has 0 saturated carbocycles. The van der Waals surface area contributed by atoms with Crippen LogP contribution in [-0.2, 0) is 30.3 Å². The van der Waals surface area contributed by atoms with Crippen molar-refractivity contribution in [1.29, 1.82) is 0 Å². The normalized spacial score (nSPS) is 13.3. The van der Waals surface area contributed by atoms with Crippen LogP contribution < -0.4 is 10.6 Å². The number of amides is 3. The van der Waals surface area contributed by atoms with Crippen LogP contribution in [0.4, 0.5) is 4.79 Å². The van der Waals surface area contributed by atoms with Crippen LogP contribution in [0.3, 0.4) is 0 Å². The number of nitrogens with zero attached hydrogens (tertiary/aromatic N) is 1. The Bertz CT molecular complexity index is 960. The van der Waals surface area contributed by atoms with Gasteiger partial charge in [0.05, 0.1) is 13.0 Å². The predicted molar refractivity (Wildman–Crippen MR) is 152 cm³/mol. The largest absolute Gasteiger partial charge is 0.466 e. The number of esters is 1. The average Bonchev–Trinajstić information content (AvgIpc) is 2.79. The Morgan fingerprint density at radius 1 is 0.949 bits per heavy atom. The summed E-state index contributed by atoms with van der Waals surface area (Å²) in [6.45, 7) is 18.8. The van der Waals surface area contributed by atoms with Crippen LogP contribution in [0.1, 0.15) is 99.2 Å². The molecule has 0 heterocycles. The lowest BCUT2D eigenvalue weighted by molar-refractivity contribution is -0.149. The van der Waals surface area contributed by atoms with Crippen molar-refractivity contribution in [1.82, 2.24) is 15.5 Å². The van der Waals surface area contributed by atoms with E-state index in [0.717, 1.165) is 12.0 Å². The average molecular weight is 548 g/mol. The fourth-order valence-electron chi connectivity index (χ4n) is 4.13. The number of rotatable bonds is 12. The molecule has 1 rings (SSSR count). The molecule has 0 aromatic heterocycles. The first-order valence-electron chi connectivity index (χ1n) is 13.8. The maximum atomic E-state index is 14.2. The number of ether oxygens (including phenoxy) is 2. The minimum atomic E-state index is -0.999. The van der Waals surface area contributed by atoms with Gasteiger partial charge in [-0.25, -0.2) is 4.79 Å². The van der Waals surface area contributed by atoms with Crippen LogP contribution >= 0.6 is 0 Å². The first-order chi connectivity index (χ1) is 18.0. The molecule has 220 valence electrons. The van der Waals surface area contributed by atoms with Crippen LogP contribution in [0.5, 0.6) is 0 Å². The highest BCUT2D eigenvalue weighted by Gasteiger charge is 2.42. The zero-order valence-corrected chi connectivity index (χ0v) is 25.5. The van der Waals surface area contributed by atoms with Gasteiger partial charge in [-0.3, -0.25) is 14.4 Å². The number of aryl methyl sites for hydroxylation is 1. The number of hydrogen-bond acceptors (Lipinski definition) is 6. The van der Waals surface area contributed by atoms with Crippen molar-refractivity contribution in [3.05, 3.63) is 35.4 Å². The molecular weight excluding hydrogens is 498 g/mol. The third-order valence-corrected chi connectivity index (χ3v) is 5.80. The quantitative estimate of drug-likeness (QED) is 0.359. The fourth-order valence-corrected chi connectivity index (χ4v) is 4.13. The van der Waals surface area contributed by atoms with Crippen LogP contribution in [-0.4, -0.2) is 59.1 Å². The van der Waals surface area contributed by atoms with E-state index in [2.05, 4.69) is 10.6 Å². The Morgan fingerprint density at radius 3 is 2.00 bits per heavy atom. The molecule has 39 heavy (non-hydrogen) atoms. The lowest BCUT2D eigenvalue weighted by atomic mass is 9.93. The van der Waals surface area contributed by atoms with Crippen molar-refractivity contribution < 1.29 is 28.7 Å². The molecule has 0 radical (unpaired) electrons. The summed E-state index contributed by atoms with van der Waals surface area (Å²) in [5.41, 5.74) is 0.193. The van der Waals surface area contributed by atoms with Crippen molar-refractivity contribution >= 4 is 23.9 Å². The summed E-state index contributed by atoms with van der Waals surface area (Å²) in [5, 5.41) is 5.56. The van der Waals surface area contributed by atoms with Gasteiger partial charge in [0.15, 0.2) is 0 Å². The van der Waals surface area contributed by atoms with Crippen LogP contribution in [0, 0.1) is 5.92 Å². The van der Waals surface area contributed by atoms with E-state index in [-0.39, 0.29) is 25.5 Å². The summed E-state index contributed by atoms with van der Waals surface area (Å²) in [6, 6.07) is 5.65. The maximum Gasteiger partial charge on any atom is 0.408 e. The molecule has 0 bridgehead atoms. The molecule has 0 saturated heterocycles. The van der Waals surface area contributed by atoms with E-state index in [1.165, 1.54) is 4.90 Å². The van der Waals surface area contributed by atoms with E-state index in [9.17, 15) is 19.2 Å². The highest BCUT2D eigenvalue weighted by Crippen LogP contribution is 2.31. The van der Waals surface area contributed by atoms with Gasteiger partial charge in [-0.15, -0.1) is 0 Å². The van der Waals surface area contributed by atoms with Gasteiger partial charge in [0.1, 0.15) is 17.7 Å². The van der Waals surface area contributed by atoms with E-state index in [1.807, 2.05) is 65.8 Å². The van der Waals surface area contributed by atoms with Crippen molar-refractivity contribution in [2.24, 2.45) is 5.92 Å². The van der Waals surface area contributed by atoms with Crippen molar-refractivity contribution in [3.8, 4) is 0 Å². The van der Waals surface area contributed by atoms with Gasteiger partial charge in [-0.05, 0) is 78.4 Å². The Kier molecular flexibility index (Phi) is 13.0. The van der Waals surface area contributed by atoms with Gasteiger partial charge in [-0.2, -0.15) is 0 Å². The molecule has 1 aromatic rings. The lowest BCUT2D eigenvalue weighted by Crippen LogP contribution is -2.59. The van der Waals surface area contributed by atoms with Crippen LogP contribution in [0.2, 0.25) is 0 Å². The van der Waals surface area contributed by atoms with Crippen molar-refractivity contribution in [3.63, 3.8) is 0 Å². The number of benzene rings is 1. The Morgan fingerprint density at radius 2 is 1.54 bits per heavy atom. The first-order valence-corrected chi connectivity index (χ1v) is 13.8. The van der Waals surface area contributed by atoms with E-state index in [1.54, 1.807) is 27.7 Å². The summed E-state index contributed by atoms with van der Waals surface area (Å²) < 4.78 is 10.4. The molecule has 9 heteroatoms. The molecule has 1 aromatic carbocycles. The summed E-state index contributed by atoms with van der Waals surface area (Å²) in [5.74, 6) is -1.15. The van der Waals surface area contributed by atoms with Gasteiger partial charge in [-0.1, -0.05) is 45.0 Å². The molecule has 0 aliphatic carbocycles. The molecule has 0 fully saturated rings. The highest BCUT2D eigenvalue weighted by molar-refractivity contribution is 5.92. The van der Waals surface area contributed by atoms with Gasteiger partial charge < -0.3 is 25.0 Å². The number of alkyl carbamates (subject to hydrolysis) is 1. The number of carbonyl (C=O) groups excluding carboxylic acids is 4. The summed E-state index contributed by atoms with van der Waals surface area (Å²) in [4.78, 5) is 54.0. The minimum absolute atomic E-state index is 0.0146. The monoisotopic (exact) mass is 547 g/mol. The molecule has 2 atom stereocenters. The Balaban J connectivity index is 3.49. The first kappa shape index (κ1) is 33.9. The van der Waals surface area contributed by atoms with E-state index >= 15 is 0 Å². The van der Waals surface area contributed by atoms with Gasteiger partial charge >= 0.3 is 12.1 Å². The van der Waals surface area contributed by atoms with E-state index in [4.69, 9.17) is 9.47 Å². The highest BCUT2D eigenvalue weighted by atomic mass is 16.6. The fraction of sp³-hybridized carbons (Fsp3) is 0.667. The second-order valence-corrected chi connectivity index (χ2v) is 12.1.